The Balaban J connectivity index is 1.84. The minimum absolute atomic E-state index is 0.000204. The number of nitrogens with one attached hydrogen (secondary N) is 1. The van der Waals surface area contributed by atoms with Gasteiger partial charge in [0, 0.05) is 31.2 Å². The van der Waals surface area contributed by atoms with Crippen molar-refractivity contribution < 1.29 is 19.1 Å². The molecule has 19 heavy (non-hydrogen) atoms. The molecular formula is C14H21NO4. The monoisotopic (exact) mass is 267 g/mol. The van der Waals surface area contributed by atoms with Crippen LogP contribution in [0.3, 0.4) is 0 Å². The summed E-state index contributed by atoms with van der Waals surface area (Å²) in [5, 5.41) is 12.9. The first kappa shape index (κ1) is 14.1. The highest BCUT2D eigenvalue weighted by Crippen LogP contribution is 2.21. The minimum atomic E-state index is -0.721. The van der Waals surface area contributed by atoms with E-state index in [9.17, 15) is 9.90 Å². The summed E-state index contributed by atoms with van der Waals surface area (Å²) in [7, 11) is 0. The fraction of sp³-hybridized carbons (Fsp3) is 0.643. The van der Waals surface area contributed by atoms with Crippen molar-refractivity contribution >= 4 is 5.91 Å². The fourth-order valence-electron chi connectivity index (χ4n) is 2.39. The molecule has 1 fully saturated rings. The smallest absolute Gasteiger partial charge is 0.223 e. The van der Waals surface area contributed by atoms with Crippen LogP contribution in [0.1, 0.15) is 36.0 Å². The lowest BCUT2D eigenvalue weighted by Crippen LogP contribution is -2.36. The summed E-state index contributed by atoms with van der Waals surface area (Å²) in [6.07, 6.45) is 0.790. The number of aliphatic hydroxyl groups is 1. The average molecular weight is 267 g/mol. The number of hydrogen-bond donors (Lipinski definition) is 2. The van der Waals surface area contributed by atoms with Gasteiger partial charge in [-0.3, -0.25) is 4.79 Å². The van der Waals surface area contributed by atoms with Gasteiger partial charge in [-0.25, -0.2) is 0 Å². The van der Waals surface area contributed by atoms with Crippen molar-refractivity contribution in [2.45, 2.75) is 32.8 Å². The number of aryl methyl sites for hydroxylation is 2. The maximum absolute atomic E-state index is 11.9. The number of aliphatic hydroxyl groups excluding tert-OH is 1. The second-order valence-electron chi connectivity index (χ2n) is 5.02. The Morgan fingerprint density at radius 2 is 2.16 bits per heavy atom. The van der Waals surface area contributed by atoms with Crippen LogP contribution in [0.2, 0.25) is 0 Å². The third-order valence-corrected chi connectivity index (χ3v) is 3.50. The highest BCUT2D eigenvalue weighted by atomic mass is 16.5. The average Bonchev–Trinajstić information content (AvgIpc) is 2.75. The molecule has 2 N–H and O–H groups in total. The van der Waals surface area contributed by atoms with Gasteiger partial charge in [0.05, 0.1) is 6.10 Å². The highest BCUT2D eigenvalue weighted by Gasteiger charge is 2.22. The SMILES string of the molecule is Cc1cc(C(O)CNC(=O)C2CCOCC2)c(C)o1. The van der Waals surface area contributed by atoms with Crippen LogP contribution < -0.4 is 5.32 Å². The second-order valence-corrected chi connectivity index (χ2v) is 5.02. The molecule has 0 spiro atoms. The zero-order chi connectivity index (χ0) is 13.8. The summed E-state index contributed by atoms with van der Waals surface area (Å²) >= 11 is 0. The Morgan fingerprint density at radius 3 is 2.74 bits per heavy atom. The van der Waals surface area contributed by atoms with Crippen LogP contribution in [0.15, 0.2) is 10.5 Å². The van der Waals surface area contributed by atoms with E-state index in [2.05, 4.69) is 5.32 Å². The van der Waals surface area contributed by atoms with E-state index >= 15 is 0 Å². The predicted octanol–water partition coefficient (Wildman–Crippen LogP) is 1.47. The molecule has 0 radical (unpaired) electrons. The maximum atomic E-state index is 11.9. The Hall–Kier alpha value is -1.33. The van der Waals surface area contributed by atoms with E-state index in [1.165, 1.54) is 0 Å². The highest BCUT2D eigenvalue weighted by molar-refractivity contribution is 5.78. The molecule has 1 amide bonds. The summed E-state index contributed by atoms with van der Waals surface area (Å²) in [6, 6.07) is 1.81. The molecule has 0 saturated carbocycles. The quantitative estimate of drug-likeness (QED) is 0.866. The number of hydrogen-bond acceptors (Lipinski definition) is 4. The standard InChI is InChI=1S/C14H21NO4/c1-9-7-12(10(2)19-9)13(16)8-15-14(17)11-3-5-18-6-4-11/h7,11,13,16H,3-6,8H2,1-2H3,(H,15,17). The third-order valence-electron chi connectivity index (χ3n) is 3.50. The van der Waals surface area contributed by atoms with Crippen LogP contribution in [0.5, 0.6) is 0 Å². The summed E-state index contributed by atoms with van der Waals surface area (Å²) < 4.78 is 10.6. The van der Waals surface area contributed by atoms with Gasteiger partial charge in [-0.15, -0.1) is 0 Å². The van der Waals surface area contributed by atoms with Gasteiger partial charge in [0.25, 0.3) is 0 Å². The summed E-state index contributed by atoms with van der Waals surface area (Å²) in [4.78, 5) is 11.9. The molecule has 1 saturated heterocycles. The van der Waals surface area contributed by atoms with Crippen molar-refractivity contribution in [2.75, 3.05) is 19.8 Å². The van der Waals surface area contributed by atoms with E-state index < -0.39 is 6.10 Å². The van der Waals surface area contributed by atoms with E-state index in [0.717, 1.165) is 24.2 Å². The van der Waals surface area contributed by atoms with Crippen molar-refractivity contribution in [3.8, 4) is 0 Å². The second kappa shape index (κ2) is 6.21. The Labute approximate surface area is 112 Å². The fourth-order valence-corrected chi connectivity index (χ4v) is 2.39. The molecule has 1 aromatic rings. The first-order valence-electron chi connectivity index (χ1n) is 6.68. The maximum Gasteiger partial charge on any atom is 0.223 e. The molecular weight excluding hydrogens is 246 g/mol. The summed E-state index contributed by atoms with van der Waals surface area (Å²) in [5.41, 5.74) is 0.741. The van der Waals surface area contributed by atoms with E-state index in [1.807, 2.05) is 13.8 Å². The molecule has 0 bridgehead atoms. The number of carbonyl (C=O) groups is 1. The van der Waals surface area contributed by atoms with Crippen molar-refractivity contribution in [3.05, 3.63) is 23.2 Å². The zero-order valence-corrected chi connectivity index (χ0v) is 11.4. The Bertz CT molecular complexity index is 435. The lowest BCUT2D eigenvalue weighted by molar-refractivity contribution is -0.128. The number of rotatable bonds is 4. The number of furan rings is 1. The Kier molecular flexibility index (Phi) is 4.61. The van der Waals surface area contributed by atoms with Crippen molar-refractivity contribution in [1.82, 2.24) is 5.32 Å². The lowest BCUT2D eigenvalue weighted by Gasteiger charge is -2.22. The molecule has 1 aliphatic heterocycles. The van der Waals surface area contributed by atoms with Gasteiger partial charge in [0.15, 0.2) is 0 Å². The van der Waals surface area contributed by atoms with Gasteiger partial charge < -0.3 is 19.6 Å². The third kappa shape index (κ3) is 3.58. The van der Waals surface area contributed by atoms with Crippen molar-refractivity contribution in [2.24, 2.45) is 5.92 Å². The van der Waals surface area contributed by atoms with Gasteiger partial charge in [0.2, 0.25) is 5.91 Å². The molecule has 0 aliphatic carbocycles. The summed E-state index contributed by atoms with van der Waals surface area (Å²) in [5.74, 6) is 1.47. The lowest BCUT2D eigenvalue weighted by atomic mass is 9.99. The van der Waals surface area contributed by atoms with E-state index in [1.54, 1.807) is 6.07 Å². The van der Waals surface area contributed by atoms with Crippen molar-refractivity contribution in [1.29, 1.82) is 0 Å². The largest absolute Gasteiger partial charge is 0.466 e. The first-order chi connectivity index (χ1) is 9.08. The van der Waals surface area contributed by atoms with Gasteiger partial charge in [-0.1, -0.05) is 0 Å². The number of amides is 1. The molecule has 106 valence electrons. The van der Waals surface area contributed by atoms with E-state index in [0.29, 0.717) is 19.0 Å². The molecule has 1 aliphatic rings. The van der Waals surface area contributed by atoms with E-state index in [4.69, 9.17) is 9.15 Å². The van der Waals surface area contributed by atoms with Gasteiger partial charge in [-0.2, -0.15) is 0 Å². The Morgan fingerprint density at radius 1 is 1.47 bits per heavy atom. The van der Waals surface area contributed by atoms with Crippen LogP contribution in [-0.4, -0.2) is 30.8 Å². The van der Waals surface area contributed by atoms with Crippen LogP contribution >= 0.6 is 0 Å². The molecule has 1 atom stereocenters. The first-order valence-corrected chi connectivity index (χ1v) is 6.68. The minimum Gasteiger partial charge on any atom is -0.466 e. The van der Waals surface area contributed by atoms with Crippen molar-refractivity contribution in [3.63, 3.8) is 0 Å². The summed E-state index contributed by atoms with van der Waals surface area (Å²) in [6.45, 7) is 5.15. The van der Waals surface area contributed by atoms with Crippen LogP contribution in [0.4, 0.5) is 0 Å². The van der Waals surface area contributed by atoms with Crippen LogP contribution in [0.25, 0.3) is 0 Å². The predicted molar refractivity (Wildman–Crippen MR) is 69.7 cm³/mol. The topological polar surface area (TPSA) is 71.7 Å². The number of ether oxygens (including phenoxy) is 1. The van der Waals surface area contributed by atoms with E-state index in [-0.39, 0.29) is 18.4 Å². The normalized spacial score (nSPS) is 18.3. The van der Waals surface area contributed by atoms with Crippen LogP contribution in [0, 0.1) is 19.8 Å². The van der Waals surface area contributed by atoms with Gasteiger partial charge in [-0.05, 0) is 32.8 Å². The van der Waals surface area contributed by atoms with Crippen LogP contribution in [-0.2, 0) is 9.53 Å². The van der Waals surface area contributed by atoms with Gasteiger partial charge >= 0.3 is 0 Å². The van der Waals surface area contributed by atoms with Gasteiger partial charge in [0.1, 0.15) is 11.5 Å². The zero-order valence-electron chi connectivity index (χ0n) is 11.4. The molecule has 2 rings (SSSR count). The molecule has 5 heteroatoms. The molecule has 1 unspecified atom stereocenters. The molecule has 5 nitrogen and oxygen atoms in total. The molecule has 2 heterocycles. The number of carbonyl (C=O) groups excluding carboxylic acids is 1. The molecule has 0 aromatic carbocycles. The molecule has 1 aromatic heterocycles.